The van der Waals surface area contributed by atoms with Crippen molar-refractivity contribution in [3.63, 3.8) is 0 Å². The van der Waals surface area contributed by atoms with Gasteiger partial charge >= 0.3 is 0 Å². The first-order valence-corrected chi connectivity index (χ1v) is 5.43. The standard InChI is InChI=1S/C11H15BrO2/c1-3-11(2,13)8-14-10-6-4-9(12)5-7-10/h4-7,13H,3,8H2,1-2H3. The monoisotopic (exact) mass is 258 g/mol. The van der Waals surface area contributed by atoms with Crippen LogP contribution < -0.4 is 4.74 Å². The molecule has 0 bridgehead atoms. The van der Waals surface area contributed by atoms with Gasteiger partial charge in [-0.3, -0.25) is 0 Å². The molecule has 1 unspecified atom stereocenters. The van der Waals surface area contributed by atoms with E-state index >= 15 is 0 Å². The van der Waals surface area contributed by atoms with Gasteiger partial charge in [0.1, 0.15) is 12.4 Å². The summed E-state index contributed by atoms with van der Waals surface area (Å²) in [5.74, 6) is 0.780. The van der Waals surface area contributed by atoms with Crippen LogP contribution in [0.4, 0.5) is 0 Å². The van der Waals surface area contributed by atoms with Crippen LogP contribution in [0, 0.1) is 0 Å². The summed E-state index contributed by atoms with van der Waals surface area (Å²) in [6.45, 7) is 4.03. The molecular formula is C11H15BrO2. The highest BCUT2D eigenvalue weighted by molar-refractivity contribution is 9.10. The van der Waals surface area contributed by atoms with Gasteiger partial charge in [-0.05, 0) is 37.6 Å². The summed E-state index contributed by atoms with van der Waals surface area (Å²) in [7, 11) is 0. The number of ether oxygens (including phenoxy) is 1. The van der Waals surface area contributed by atoms with Crippen LogP contribution in [0.25, 0.3) is 0 Å². The fraction of sp³-hybridized carbons (Fsp3) is 0.455. The molecule has 0 aromatic heterocycles. The lowest BCUT2D eigenvalue weighted by molar-refractivity contribution is 0.00847. The Hall–Kier alpha value is -0.540. The van der Waals surface area contributed by atoms with Gasteiger partial charge in [-0.1, -0.05) is 22.9 Å². The van der Waals surface area contributed by atoms with E-state index < -0.39 is 5.60 Å². The minimum atomic E-state index is -0.743. The first-order valence-electron chi connectivity index (χ1n) is 4.64. The highest BCUT2D eigenvalue weighted by atomic mass is 79.9. The van der Waals surface area contributed by atoms with Gasteiger partial charge in [0.2, 0.25) is 0 Å². The van der Waals surface area contributed by atoms with Crippen LogP contribution in [0.1, 0.15) is 20.3 Å². The molecule has 1 N–H and O–H groups in total. The van der Waals surface area contributed by atoms with E-state index in [-0.39, 0.29) is 0 Å². The number of hydrogen-bond donors (Lipinski definition) is 1. The molecule has 2 nitrogen and oxygen atoms in total. The molecule has 0 heterocycles. The number of rotatable bonds is 4. The van der Waals surface area contributed by atoms with Gasteiger partial charge in [0.05, 0.1) is 5.60 Å². The van der Waals surface area contributed by atoms with E-state index in [0.717, 1.165) is 10.2 Å². The van der Waals surface area contributed by atoms with Gasteiger partial charge in [0.25, 0.3) is 0 Å². The lowest BCUT2D eigenvalue weighted by Crippen LogP contribution is -2.31. The summed E-state index contributed by atoms with van der Waals surface area (Å²) in [4.78, 5) is 0. The van der Waals surface area contributed by atoms with Crippen molar-refractivity contribution in [3.8, 4) is 5.75 Å². The molecular weight excluding hydrogens is 244 g/mol. The van der Waals surface area contributed by atoms with E-state index in [2.05, 4.69) is 15.9 Å². The maximum Gasteiger partial charge on any atom is 0.119 e. The van der Waals surface area contributed by atoms with Gasteiger partial charge in [-0.2, -0.15) is 0 Å². The number of hydrogen-bond acceptors (Lipinski definition) is 2. The average molecular weight is 259 g/mol. The van der Waals surface area contributed by atoms with Gasteiger partial charge < -0.3 is 9.84 Å². The highest BCUT2D eigenvalue weighted by Gasteiger charge is 2.18. The summed E-state index contributed by atoms with van der Waals surface area (Å²) in [5, 5.41) is 9.70. The summed E-state index contributed by atoms with van der Waals surface area (Å²) >= 11 is 3.34. The van der Waals surface area contributed by atoms with Gasteiger partial charge in [-0.15, -0.1) is 0 Å². The zero-order chi connectivity index (χ0) is 10.6. The summed E-state index contributed by atoms with van der Waals surface area (Å²) in [6, 6.07) is 7.57. The van der Waals surface area contributed by atoms with Crippen LogP contribution in [0.15, 0.2) is 28.7 Å². The second-order valence-electron chi connectivity index (χ2n) is 3.59. The molecule has 0 amide bonds. The normalized spacial score (nSPS) is 14.9. The molecule has 0 radical (unpaired) electrons. The first kappa shape index (κ1) is 11.5. The quantitative estimate of drug-likeness (QED) is 0.900. The minimum Gasteiger partial charge on any atom is -0.491 e. The predicted molar refractivity (Wildman–Crippen MR) is 60.6 cm³/mol. The largest absolute Gasteiger partial charge is 0.491 e. The molecule has 0 fully saturated rings. The zero-order valence-corrected chi connectivity index (χ0v) is 10.0. The highest BCUT2D eigenvalue weighted by Crippen LogP contribution is 2.18. The van der Waals surface area contributed by atoms with Crippen LogP contribution in [-0.4, -0.2) is 17.3 Å². The fourth-order valence-corrected chi connectivity index (χ4v) is 1.14. The maximum absolute atomic E-state index is 9.70. The predicted octanol–water partition coefficient (Wildman–Crippen LogP) is 2.99. The van der Waals surface area contributed by atoms with Crippen LogP contribution in [0.5, 0.6) is 5.75 Å². The van der Waals surface area contributed by atoms with Crippen molar-refractivity contribution in [2.24, 2.45) is 0 Å². The topological polar surface area (TPSA) is 29.5 Å². The van der Waals surface area contributed by atoms with Crippen molar-refractivity contribution in [2.75, 3.05) is 6.61 Å². The second kappa shape index (κ2) is 4.80. The number of aliphatic hydroxyl groups is 1. The van der Waals surface area contributed by atoms with Crippen molar-refractivity contribution >= 4 is 15.9 Å². The molecule has 0 aliphatic carbocycles. The van der Waals surface area contributed by atoms with E-state index in [1.165, 1.54) is 0 Å². The molecule has 0 aliphatic rings. The maximum atomic E-state index is 9.70. The Morgan fingerprint density at radius 2 is 1.93 bits per heavy atom. The molecule has 0 aliphatic heterocycles. The lowest BCUT2D eigenvalue weighted by atomic mass is 10.1. The van der Waals surface area contributed by atoms with Crippen LogP contribution in [0.2, 0.25) is 0 Å². The second-order valence-corrected chi connectivity index (χ2v) is 4.51. The molecule has 0 saturated carbocycles. The third-order valence-corrected chi connectivity index (χ3v) is 2.65. The molecule has 1 atom stereocenters. The van der Waals surface area contributed by atoms with Crippen molar-refractivity contribution in [1.29, 1.82) is 0 Å². The number of benzene rings is 1. The average Bonchev–Trinajstić information content (AvgIpc) is 2.17. The first-order chi connectivity index (χ1) is 6.53. The van der Waals surface area contributed by atoms with E-state index in [9.17, 15) is 5.11 Å². The summed E-state index contributed by atoms with van der Waals surface area (Å²) < 4.78 is 6.47. The lowest BCUT2D eigenvalue weighted by Gasteiger charge is -2.21. The van der Waals surface area contributed by atoms with E-state index in [0.29, 0.717) is 13.0 Å². The van der Waals surface area contributed by atoms with Crippen molar-refractivity contribution in [3.05, 3.63) is 28.7 Å². The van der Waals surface area contributed by atoms with E-state index in [1.54, 1.807) is 6.92 Å². The van der Waals surface area contributed by atoms with Crippen molar-refractivity contribution < 1.29 is 9.84 Å². The molecule has 78 valence electrons. The van der Waals surface area contributed by atoms with Gasteiger partial charge in [0.15, 0.2) is 0 Å². The smallest absolute Gasteiger partial charge is 0.119 e. The zero-order valence-electron chi connectivity index (χ0n) is 8.46. The summed E-state index contributed by atoms with van der Waals surface area (Å²) in [6.07, 6.45) is 0.684. The van der Waals surface area contributed by atoms with Crippen molar-refractivity contribution in [2.45, 2.75) is 25.9 Å². The molecule has 1 aromatic rings. The number of halogens is 1. The fourth-order valence-electron chi connectivity index (χ4n) is 0.872. The van der Waals surface area contributed by atoms with Crippen LogP contribution >= 0.6 is 15.9 Å². The van der Waals surface area contributed by atoms with E-state index in [1.807, 2.05) is 31.2 Å². The Morgan fingerprint density at radius 3 is 2.43 bits per heavy atom. The molecule has 1 rings (SSSR count). The molecule has 1 aromatic carbocycles. The third-order valence-electron chi connectivity index (χ3n) is 2.13. The Labute approximate surface area is 93.0 Å². The third kappa shape index (κ3) is 3.68. The molecule has 0 spiro atoms. The van der Waals surface area contributed by atoms with Crippen LogP contribution in [-0.2, 0) is 0 Å². The van der Waals surface area contributed by atoms with Gasteiger partial charge in [0, 0.05) is 4.47 Å². The Kier molecular flexibility index (Phi) is 3.96. The minimum absolute atomic E-state index is 0.325. The molecule has 3 heteroatoms. The molecule has 14 heavy (non-hydrogen) atoms. The molecule has 0 saturated heterocycles. The Morgan fingerprint density at radius 1 is 1.36 bits per heavy atom. The SMILES string of the molecule is CCC(C)(O)COc1ccc(Br)cc1. The summed E-state index contributed by atoms with van der Waals surface area (Å²) in [5.41, 5.74) is -0.743. The van der Waals surface area contributed by atoms with Gasteiger partial charge in [-0.25, -0.2) is 0 Å². The van der Waals surface area contributed by atoms with E-state index in [4.69, 9.17) is 4.74 Å². The Balaban J connectivity index is 2.50. The Bertz CT molecular complexity index is 280. The van der Waals surface area contributed by atoms with Crippen LogP contribution in [0.3, 0.4) is 0 Å². The van der Waals surface area contributed by atoms with Crippen molar-refractivity contribution in [1.82, 2.24) is 0 Å².